The molecule has 29 heavy (non-hydrogen) atoms. The monoisotopic (exact) mass is 381 g/mol. The number of benzene rings is 3. The summed E-state index contributed by atoms with van der Waals surface area (Å²) in [6.07, 6.45) is 3.80. The van der Waals surface area contributed by atoms with E-state index in [2.05, 4.69) is 58.8 Å². The van der Waals surface area contributed by atoms with Gasteiger partial charge in [-0.25, -0.2) is 4.98 Å². The maximum Gasteiger partial charge on any atom is 0.219 e. The Kier molecular flexibility index (Phi) is 4.62. The van der Waals surface area contributed by atoms with Crippen LogP contribution in [0.5, 0.6) is 11.6 Å². The van der Waals surface area contributed by atoms with Gasteiger partial charge in [0, 0.05) is 24.0 Å². The molecule has 0 spiro atoms. The lowest BCUT2D eigenvalue weighted by atomic mass is 10.0. The minimum Gasteiger partial charge on any atom is -0.438 e. The van der Waals surface area contributed by atoms with E-state index >= 15 is 0 Å². The molecule has 4 nitrogen and oxygen atoms in total. The highest BCUT2D eigenvalue weighted by atomic mass is 16.5. The number of nitrogens with two attached hydrogens (primary N) is 1. The summed E-state index contributed by atoms with van der Waals surface area (Å²) in [5, 5.41) is 6.03. The molecule has 4 aromatic rings. The lowest BCUT2D eigenvalue weighted by molar-refractivity contribution is 0.468. The van der Waals surface area contributed by atoms with Crippen LogP contribution in [-0.2, 0) is 19.4 Å². The zero-order valence-electron chi connectivity index (χ0n) is 16.1. The van der Waals surface area contributed by atoms with Crippen molar-refractivity contribution in [2.24, 2.45) is 0 Å². The Balaban J connectivity index is 1.36. The molecule has 3 N–H and O–H groups in total. The van der Waals surface area contributed by atoms with Crippen LogP contribution < -0.4 is 15.8 Å². The van der Waals surface area contributed by atoms with Crippen LogP contribution in [0.2, 0.25) is 0 Å². The third-order valence-electron chi connectivity index (χ3n) is 5.58. The molecule has 0 atom stereocenters. The first-order chi connectivity index (χ1) is 14.3. The Hall–Kier alpha value is -3.37. The molecule has 1 aliphatic rings. The highest BCUT2D eigenvalue weighted by Crippen LogP contribution is 2.31. The number of rotatable bonds is 5. The number of nitrogen functional groups attached to an aromatic ring is 1. The minimum atomic E-state index is 0.487. The van der Waals surface area contributed by atoms with E-state index < -0.39 is 0 Å². The Morgan fingerprint density at radius 3 is 2.38 bits per heavy atom. The fourth-order valence-electron chi connectivity index (χ4n) is 4.11. The Labute approximate surface area is 170 Å². The smallest absolute Gasteiger partial charge is 0.219 e. The summed E-state index contributed by atoms with van der Waals surface area (Å²) in [6.45, 7) is 0.833. The number of pyridine rings is 1. The molecule has 0 aliphatic heterocycles. The van der Waals surface area contributed by atoms with Crippen molar-refractivity contribution in [2.45, 2.75) is 25.4 Å². The van der Waals surface area contributed by atoms with Crippen molar-refractivity contribution in [3.8, 4) is 11.6 Å². The van der Waals surface area contributed by atoms with E-state index in [1.54, 1.807) is 18.3 Å². The van der Waals surface area contributed by atoms with Gasteiger partial charge in [0.15, 0.2) is 0 Å². The number of ether oxygens (including phenoxy) is 1. The molecule has 5 rings (SSSR count). The summed E-state index contributed by atoms with van der Waals surface area (Å²) in [5.74, 6) is 1.34. The fraction of sp³-hybridized carbons (Fsp3) is 0.160. The van der Waals surface area contributed by atoms with Crippen molar-refractivity contribution in [3.63, 3.8) is 0 Å². The van der Waals surface area contributed by atoms with Crippen molar-refractivity contribution >= 4 is 16.5 Å². The zero-order valence-corrected chi connectivity index (χ0v) is 16.1. The second-order valence-corrected chi connectivity index (χ2v) is 7.56. The highest BCUT2D eigenvalue weighted by Gasteiger charge is 2.20. The molecule has 1 heterocycles. The molecule has 0 amide bonds. The highest BCUT2D eigenvalue weighted by molar-refractivity contribution is 5.91. The van der Waals surface area contributed by atoms with Crippen molar-refractivity contribution in [3.05, 3.63) is 95.7 Å². The number of nitrogens with zero attached hydrogens (tertiary/aromatic N) is 1. The maximum atomic E-state index is 6.03. The van der Waals surface area contributed by atoms with Crippen LogP contribution >= 0.6 is 0 Å². The third-order valence-corrected chi connectivity index (χ3v) is 5.58. The largest absolute Gasteiger partial charge is 0.438 e. The number of nitrogens with one attached hydrogen (secondary N) is 1. The van der Waals surface area contributed by atoms with Gasteiger partial charge in [-0.05, 0) is 47.1 Å². The second-order valence-electron chi connectivity index (χ2n) is 7.56. The molecule has 0 fully saturated rings. The number of aromatic nitrogens is 1. The standard InChI is InChI=1S/C25H23N3O/c26-20-11-12-25(28-16-20)29-24-10-4-8-22-19(7-3-9-23(22)24)15-27-21-13-17-5-1-2-6-18(17)14-21/h1-12,16,21,27H,13-15,26H2. The molecule has 0 radical (unpaired) electrons. The Morgan fingerprint density at radius 2 is 1.62 bits per heavy atom. The molecular weight excluding hydrogens is 358 g/mol. The van der Waals surface area contributed by atoms with Crippen LogP contribution in [-0.4, -0.2) is 11.0 Å². The topological polar surface area (TPSA) is 60.2 Å². The molecule has 1 aromatic heterocycles. The SMILES string of the molecule is Nc1ccc(Oc2cccc3c(CNC4Cc5ccccc5C4)cccc23)nc1. The van der Waals surface area contributed by atoms with E-state index in [0.717, 1.165) is 30.5 Å². The van der Waals surface area contributed by atoms with Crippen LogP contribution in [0, 0.1) is 0 Å². The van der Waals surface area contributed by atoms with Gasteiger partial charge >= 0.3 is 0 Å². The van der Waals surface area contributed by atoms with E-state index in [0.29, 0.717) is 17.6 Å². The van der Waals surface area contributed by atoms with Crippen molar-refractivity contribution in [1.82, 2.24) is 10.3 Å². The van der Waals surface area contributed by atoms with Crippen LogP contribution in [0.15, 0.2) is 79.0 Å². The number of hydrogen-bond acceptors (Lipinski definition) is 4. The van der Waals surface area contributed by atoms with Crippen LogP contribution in [0.25, 0.3) is 10.8 Å². The average Bonchev–Trinajstić information content (AvgIpc) is 3.17. The van der Waals surface area contributed by atoms with Gasteiger partial charge in [-0.3, -0.25) is 0 Å². The maximum absolute atomic E-state index is 6.03. The van der Waals surface area contributed by atoms with Crippen LogP contribution in [0.4, 0.5) is 5.69 Å². The minimum absolute atomic E-state index is 0.487. The fourth-order valence-corrected chi connectivity index (χ4v) is 4.11. The molecule has 4 heteroatoms. The van der Waals surface area contributed by atoms with Crippen LogP contribution in [0.1, 0.15) is 16.7 Å². The Morgan fingerprint density at radius 1 is 0.862 bits per heavy atom. The predicted octanol–water partition coefficient (Wildman–Crippen LogP) is 4.87. The van der Waals surface area contributed by atoms with Gasteiger partial charge in [0.25, 0.3) is 0 Å². The van der Waals surface area contributed by atoms with E-state index in [9.17, 15) is 0 Å². The van der Waals surface area contributed by atoms with E-state index in [1.807, 2.05) is 12.1 Å². The molecule has 0 saturated heterocycles. The quantitative estimate of drug-likeness (QED) is 0.518. The lowest BCUT2D eigenvalue weighted by Gasteiger charge is -2.15. The normalized spacial score (nSPS) is 13.5. The zero-order chi connectivity index (χ0) is 19.6. The van der Waals surface area contributed by atoms with Gasteiger partial charge in [-0.15, -0.1) is 0 Å². The third kappa shape index (κ3) is 3.67. The average molecular weight is 381 g/mol. The number of hydrogen-bond donors (Lipinski definition) is 2. The predicted molar refractivity (Wildman–Crippen MR) is 117 cm³/mol. The first-order valence-electron chi connectivity index (χ1n) is 9.96. The molecule has 0 unspecified atom stereocenters. The van der Waals surface area contributed by atoms with Gasteiger partial charge in [0.05, 0.1) is 11.9 Å². The summed E-state index contributed by atoms with van der Waals surface area (Å²) >= 11 is 0. The molecular formula is C25H23N3O. The first-order valence-corrected chi connectivity index (χ1v) is 9.96. The number of anilines is 1. The summed E-state index contributed by atoms with van der Waals surface area (Å²) < 4.78 is 6.03. The molecule has 144 valence electrons. The number of fused-ring (bicyclic) bond motifs is 2. The second kappa shape index (κ2) is 7.57. The van der Waals surface area contributed by atoms with Gasteiger partial charge in [0.2, 0.25) is 5.88 Å². The van der Waals surface area contributed by atoms with Crippen molar-refractivity contribution < 1.29 is 4.74 Å². The van der Waals surface area contributed by atoms with Gasteiger partial charge < -0.3 is 15.8 Å². The van der Waals surface area contributed by atoms with Crippen molar-refractivity contribution in [1.29, 1.82) is 0 Å². The van der Waals surface area contributed by atoms with E-state index in [-0.39, 0.29) is 0 Å². The Bertz CT molecular complexity index is 1130. The molecule has 0 saturated carbocycles. The van der Waals surface area contributed by atoms with Gasteiger partial charge in [0.1, 0.15) is 5.75 Å². The van der Waals surface area contributed by atoms with Crippen molar-refractivity contribution in [2.75, 3.05) is 5.73 Å². The summed E-state index contributed by atoms with van der Waals surface area (Å²) in [5.41, 5.74) is 10.5. The summed E-state index contributed by atoms with van der Waals surface area (Å²) in [6, 6.07) is 25.3. The van der Waals surface area contributed by atoms with Crippen LogP contribution in [0.3, 0.4) is 0 Å². The van der Waals surface area contributed by atoms with E-state index in [1.165, 1.54) is 22.1 Å². The molecule has 1 aliphatic carbocycles. The summed E-state index contributed by atoms with van der Waals surface area (Å²) in [7, 11) is 0. The molecule has 3 aromatic carbocycles. The first kappa shape index (κ1) is 17.7. The molecule has 0 bridgehead atoms. The lowest BCUT2D eigenvalue weighted by Crippen LogP contribution is -2.29. The van der Waals surface area contributed by atoms with Gasteiger partial charge in [-0.2, -0.15) is 0 Å². The summed E-state index contributed by atoms with van der Waals surface area (Å²) in [4.78, 5) is 4.25. The van der Waals surface area contributed by atoms with Gasteiger partial charge in [-0.1, -0.05) is 54.6 Å². The van der Waals surface area contributed by atoms with E-state index in [4.69, 9.17) is 10.5 Å².